The molecule has 0 aliphatic rings. The fourth-order valence-electron chi connectivity index (χ4n) is 3.19. The number of rotatable bonds is 5. The highest BCUT2D eigenvalue weighted by Gasteiger charge is 2.27. The van der Waals surface area contributed by atoms with Crippen LogP contribution in [0.2, 0.25) is 0 Å². The topological polar surface area (TPSA) is 65.4 Å². The van der Waals surface area contributed by atoms with Gasteiger partial charge in [0.15, 0.2) is 0 Å². The van der Waals surface area contributed by atoms with Crippen molar-refractivity contribution in [3.8, 4) is 5.75 Å². The molecule has 0 saturated carbocycles. The molecule has 4 rings (SSSR count). The Bertz CT molecular complexity index is 1330. The summed E-state index contributed by atoms with van der Waals surface area (Å²) < 4.78 is 33.9. The van der Waals surface area contributed by atoms with Crippen LogP contribution in [0.4, 0.5) is 0 Å². The molecule has 1 heterocycles. The number of ether oxygens (including phenoxy) is 1. The second-order valence-corrected chi connectivity index (χ2v) is 8.99. The number of benzene rings is 3. The number of methoxy groups -OCH3 is 1. The molecule has 0 aliphatic carbocycles. The molecule has 0 bridgehead atoms. The van der Waals surface area contributed by atoms with E-state index in [-0.39, 0.29) is 10.6 Å². The van der Waals surface area contributed by atoms with Gasteiger partial charge in [-0.3, -0.25) is 4.79 Å². The summed E-state index contributed by atoms with van der Waals surface area (Å²) in [6.45, 7) is 0. The van der Waals surface area contributed by atoms with E-state index < -0.39 is 15.8 Å². The van der Waals surface area contributed by atoms with E-state index in [2.05, 4.69) is 15.9 Å². The first-order chi connectivity index (χ1) is 13.9. The van der Waals surface area contributed by atoms with Crippen molar-refractivity contribution in [2.45, 2.75) is 4.90 Å². The maximum Gasteiger partial charge on any atom is 0.268 e. The zero-order valence-corrected chi connectivity index (χ0v) is 17.8. The predicted octanol–water partition coefficient (Wildman–Crippen LogP) is 4.88. The first-order valence-electron chi connectivity index (χ1n) is 8.73. The van der Waals surface area contributed by atoms with Crippen LogP contribution in [0.1, 0.15) is 16.1 Å². The van der Waals surface area contributed by atoms with Gasteiger partial charge in [-0.25, -0.2) is 12.4 Å². The molecule has 0 amide bonds. The van der Waals surface area contributed by atoms with Crippen LogP contribution in [0.3, 0.4) is 0 Å². The summed E-state index contributed by atoms with van der Waals surface area (Å²) in [5, 5.41) is 0.666. The van der Waals surface area contributed by atoms with Gasteiger partial charge < -0.3 is 4.74 Å². The van der Waals surface area contributed by atoms with Crippen LogP contribution < -0.4 is 4.74 Å². The van der Waals surface area contributed by atoms with Crippen molar-refractivity contribution in [1.29, 1.82) is 0 Å². The predicted molar refractivity (Wildman–Crippen MR) is 115 cm³/mol. The third-order valence-electron chi connectivity index (χ3n) is 4.59. The van der Waals surface area contributed by atoms with Crippen molar-refractivity contribution in [2.24, 2.45) is 0 Å². The SMILES string of the molecule is COc1cc(C(=O)c2cc3ccccc3n2S(=O)(=O)c2ccccc2)ccc1Br. The van der Waals surface area contributed by atoms with Crippen LogP contribution >= 0.6 is 15.9 Å². The zero-order valence-electron chi connectivity index (χ0n) is 15.4. The summed E-state index contributed by atoms with van der Waals surface area (Å²) >= 11 is 3.36. The molecule has 0 atom stereocenters. The van der Waals surface area contributed by atoms with Crippen molar-refractivity contribution in [1.82, 2.24) is 3.97 Å². The van der Waals surface area contributed by atoms with Crippen LogP contribution in [0.25, 0.3) is 10.9 Å². The zero-order chi connectivity index (χ0) is 20.6. The first kappa shape index (κ1) is 19.4. The van der Waals surface area contributed by atoms with Crippen molar-refractivity contribution < 1.29 is 17.9 Å². The normalized spacial score (nSPS) is 11.5. The van der Waals surface area contributed by atoms with Gasteiger partial charge in [0, 0.05) is 10.9 Å². The molecule has 7 heteroatoms. The Hall–Kier alpha value is -2.90. The highest BCUT2D eigenvalue weighted by atomic mass is 79.9. The van der Waals surface area contributed by atoms with Crippen molar-refractivity contribution in [3.63, 3.8) is 0 Å². The maximum absolute atomic E-state index is 13.4. The molecule has 146 valence electrons. The Labute approximate surface area is 176 Å². The monoisotopic (exact) mass is 469 g/mol. The largest absolute Gasteiger partial charge is 0.496 e. The van der Waals surface area contributed by atoms with E-state index >= 15 is 0 Å². The lowest BCUT2D eigenvalue weighted by atomic mass is 10.1. The Morgan fingerprint density at radius 3 is 2.34 bits per heavy atom. The molecule has 1 aromatic heterocycles. The van der Waals surface area contributed by atoms with Crippen LogP contribution in [-0.4, -0.2) is 25.3 Å². The summed E-state index contributed by atoms with van der Waals surface area (Å²) in [6, 6.07) is 21.6. The van der Waals surface area contributed by atoms with Gasteiger partial charge in [-0.1, -0.05) is 36.4 Å². The lowest BCUT2D eigenvalue weighted by molar-refractivity contribution is 0.103. The third-order valence-corrected chi connectivity index (χ3v) is 6.99. The summed E-state index contributed by atoms with van der Waals surface area (Å²) in [5.41, 5.74) is 0.848. The highest BCUT2D eigenvalue weighted by molar-refractivity contribution is 9.10. The van der Waals surface area contributed by atoms with E-state index in [0.717, 1.165) is 3.97 Å². The number of ketones is 1. The smallest absolute Gasteiger partial charge is 0.268 e. The fourth-order valence-corrected chi connectivity index (χ4v) is 5.13. The van der Waals surface area contributed by atoms with Crippen molar-refractivity contribution in [3.05, 3.63) is 94.6 Å². The average Bonchev–Trinajstić information content (AvgIpc) is 3.14. The van der Waals surface area contributed by atoms with Gasteiger partial charge in [-0.05, 0) is 58.4 Å². The number of fused-ring (bicyclic) bond motifs is 1. The number of hydrogen-bond donors (Lipinski definition) is 0. The van der Waals surface area contributed by atoms with Gasteiger partial charge >= 0.3 is 0 Å². The maximum atomic E-state index is 13.4. The number of hydrogen-bond acceptors (Lipinski definition) is 4. The number of halogens is 1. The molecule has 0 saturated heterocycles. The fraction of sp³-hybridized carbons (Fsp3) is 0.0455. The lowest BCUT2D eigenvalue weighted by Gasteiger charge is -2.12. The number of para-hydroxylation sites is 1. The third kappa shape index (κ3) is 3.36. The van der Waals surface area contributed by atoms with Crippen molar-refractivity contribution in [2.75, 3.05) is 7.11 Å². The van der Waals surface area contributed by atoms with Gasteiger partial charge in [0.2, 0.25) is 5.78 Å². The molecule has 5 nitrogen and oxygen atoms in total. The minimum absolute atomic E-state index is 0.0689. The Balaban J connectivity index is 1.97. The minimum atomic E-state index is -3.97. The second kappa shape index (κ2) is 7.50. The van der Waals surface area contributed by atoms with E-state index in [4.69, 9.17) is 4.74 Å². The molecule has 0 radical (unpaired) electrons. The summed E-state index contributed by atoms with van der Waals surface area (Å²) in [6.07, 6.45) is 0. The summed E-state index contributed by atoms with van der Waals surface area (Å²) in [7, 11) is -2.47. The van der Waals surface area contributed by atoms with Crippen molar-refractivity contribution >= 4 is 42.6 Å². The molecule has 29 heavy (non-hydrogen) atoms. The van der Waals surface area contributed by atoms with Gasteiger partial charge in [0.25, 0.3) is 10.0 Å². The Morgan fingerprint density at radius 2 is 1.62 bits per heavy atom. The van der Waals surface area contributed by atoms with Gasteiger partial charge in [0.05, 0.1) is 22.0 Å². The Morgan fingerprint density at radius 1 is 0.931 bits per heavy atom. The summed E-state index contributed by atoms with van der Waals surface area (Å²) in [4.78, 5) is 13.5. The van der Waals surface area contributed by atoms with Crippen LogP contribution in [-0.2, 0) is 10.0 Å². The van der Waals surface area contributed by atoms with Crippen LogP contribution in [0, 0.1) is 0 Å². The van der Waals surface area contributed by atoms with E-state index in [1.165, 1.54) is 19.2 Å². The Kier molecular flexibility index (Phi) is 5.02. The molecule has 4 aromatic rings. The lowest BCUT2D eigenvalue weighted by Crippen LogP contribution is -2.19. The van der Waals surface area contributed by atoms with E-state index in [0.29, 0.717) is 26.7 Å². The van der Waals surface area contributed by atoms with E-state index in [1.54, 1.807) is 66.7 Å². The summed E-state index contributed by atoms with van der Waals surface area (Å²) in [5.74, 6) is 0.0796. The quantitative estimate of drug-likeness (QED) is 0.390. The van der Waals surface area contributed by atoms with Gasteiger partial charge in [-0.15, -0.1) is 0 Å². The van der Waals surface area contributed by atoms with E-state index in [9.17, 15) is 13.2 Å². The average molecular weight is 470 g/mol. The van der Waals surface area contributed by atoms with Crippen LogP contribution in [0.5, 0.6) is 5.75 Å². The molecular formula is C22H16BrNO4S. The number of carbonyl (C=O) groups is 1. The second-order valence-electron chi connectivity index (χ2n) is 6.35. The first-order valence-corrected chi connectivity index (χ1v) is 11.0. The highest BCUT2D eigenvalue weighted by Crippen LogP contribution is 2.30. The molecule has 0 spiro atoms. The number of nitrogens with zero attached hydrogens (tertiary/aromatic N) is 1. The molecular weight excluding hydrogens is 454 g/mol. The van der Waals surface area contributed by atoms with Crippen LogP contribution in [0.15, 0.2) is 88.2 Å². The molecule has 0 N–H and O–H groups in total. The molecule has 0 unspecified atom stereocenters. The van der Waals surface area contributed by atoms with Gasteiger partial charge in [-0.2, -0.15) is 0 Å². The molecule has 0 aliphatic heterocycles. The number of carbonyl (C=O) groups excluding carboxylic acids is 1. The standard InChI is InChI=1S/C22H16BrNO4S/c1-28-21-14-16(11-12-18(21)23)22(25)20-13-15-7-5-6-10-19(15)24(20)29(26,27)17-8-3-2-4-9-17/h2-14H,1H3. The number of aromatic nitrogens is 1. The van der Waals surface area contributed by atoms with Gasteiger partial charge in [0.1, 0.15) is 11.4 Å². The minimum Gasteiger partial charge on any atom is -0.496 e. The molecule has 3 aromatic carbocycles. The molecule has 0 fully saturated rings. The van der Waals surface area contributed by atoms with E-state index in [1.807, 2.05) is 0 Å².